The summed E-state index contributed by atoms with van der Waals surface area (Å²) in [7, 11) is 1.30. The van der Waals surface area contributed by atoms with Crippen molar-refractivity contribution < 1.29 is 13.2 Å². The summed E-state index contributed by atoms with van der Waals surface area (Å²) < 4.78 is 28.1. The highest BCUT2D eigenvalue weighted by atomic mass is 32.2. The number of nitrogens with zero attached hydrogens (tertiary/aromatic N) is 4. The maximum Gasteiger partial charge on any atom is 0.242 e. The van der Waals surface area contributed by atoms with Crippen molar-refractivity contribution in [2.24, 2.45) is 0 Å². The van der Waals surface area contributed by atoms with E-state index in [2.05, 4.69) is 4.98 Å². The van der Waals surface area contributed by atoms with Crippen LogP contribution in [0.1, 0.15) is 30.3 Å². The predicted molar refractivity (Wildman–Crippen MR) is 122 cm³/mol. The molecular formula is C23H30N4O3S. The number of aromatic nitrogens is 2. The van der Waals surface area contributed by atoms with Crippen molar-refractivity contribution >= 4 is 27.0 Å². The number of hydrogen-bond donors (Lipinski definition) is 0. The molecule has 3 rings (SSSR count). The van der Waals surface area contributed by atoms with E-state index in [9.17, 15) is 13.2 Å². The van der Waals surface area contributed by atoms with Crippen LogP contribution in [0, 0.1) is 6.92 Å². The van der Waals surface area contributed by atoms with Gasteiger partial charge in [0.2, 0.25) is 15.9 Å². The van der Waals surface area contributed by atoms with Crippen LogP contribution in [0.25, 0.3) is 11.0 Å². The quantitative estimate of drug-likeness (QED) is 0.537. The van der Waals surface area contributed by atoms with Gasteiger partial charge in [0.15, 0.2) is 0 Å². The molecule has 0 atom stereocenters. The van der Waals surface area contributed by atoms with E-state index in [0.717, 1.165) is 16.9 Å². The second kappa shape index (κ2) is 9.20. The number of hydrogen-bond acceptors (Lipinski definition) is 4. The molecule has 0 aliphatic heterocycles. The Labute approximate surface area is 184 Å². The maximum absolute atomic E-state index is 12.7. The Morgan fingerprint density at radius 3 is 2.35 bits per heavy atom. The van der Waals surface area contributed by atoms with Gasteiger partial charge in [-0.05, 0) is 37.6 Å². The summed E-state index contributed by atoms with van der Waals surface area (Å²) in [6.07, 6.45) is 0.837. The minimum atomic E-state index is -3.52. The fourth-order valence-electron chi connectivity index (χ4n) is 3.54. The molecule has 2 aromatic carbocycles. The molecule has 0 aliphatic rings. The van der Waals surface area contributed by atoms with Crippen molar-refractivity contribution in [3.8, 4) is 0 Å². The Bertz CT molecular complexity index is 1180. The first-order valence-electron chi connectivity index (χ1n) is 10.3. The average Bonchev–Trinajstić information content (AvgIpc) is 3.10. The monoisotopic (exact) mass is 442 g/mol. The molecule has 1 amide bonds. The normalized spacial score (nSPS) is 11.9. The summed E-state index contributed by atoms with van der Waals surface area (Å²) in [6.45, 7) is 5.31. The largest absolute Gasteiger partial charge is 0.341 e. The van der Waals surface area contributed by atoms with Crippen LogP contribution >= 0.6 is 0 Å². The topological polar surface area (TPSA) is 75.5 Å². The number of carbonyl (C=O) groups is 1. The zero-order chi connectivity index (χ0) is 22.8. The summed E-state index contributed by atoms with van der Waals surface area (Å²) in [6, 6.07) is 13.2. The van der Waals surface area contributed by atoms with E-state index in [1.807, 2.05) is 49.7 Å². The molecule has 0 N–H and O–H groups in total. The number of amides is 1. The molecule has 8 heteroatoms. The summed E-state index contributed by atoms with van der Waals surface area (Å²) in [5.41, 5.74) is 3.78. The third-order valence-corrected chi connectivity index (χ3v) is 7.23. The molecule has 31 heavy (non-hydrogen) atoms. The van der Waals surface area contributed by atoms with E-state index in [4.69, 9.17) is 0 Å². The van der Waals surface area contributed by atoms with Crippen LogP contribution in [-0.4, -0.2) is 54.2 Å². The number of rotatable bonds is 8. The Kier molecular flexibility index (Phi) is 6.81. The van der Waals surface area contributed by atoms with Gasteiger partial charge < -0.3 is 9.47 Å². The third kappa shape index (κ3) is 4.97. The number of sulfonamides is 1. The van der Waals surface area contributed by atoms with Gasteiger partial charge in [-0.15, -0.1) is 0 Å². The minimum Gasteiger partial charge on any atom is -0.341 e. The van der Waals surface area contributed by atoms with Gasteiger partial charge in [0.25, 0.3) is 0 Å². The molecule has 1 heterocycles. The second-order valence-electron chi connectivity index (χ2n) is 7.95. The highest BCUT2D eigenvalue weighted by Gasteiger charge is 2.20. The molecule has 0 aliphatic carbocycles. The van der Waals surface area contributed by atoms with E-state index < -0.39 is 10.0 Å². The van der Waals surface area contributed by atoms with Gasteiger partial charge in [0, 0.05) is 47.1 Å². The first-order valence-corrected chi connectivity index (χ1v) is 11.8. The second-order valence-corrected chi connectivity index (χ2v) is 10.1. The van der Waals surface area contributed by atoms with E-state index >= 15 is 0 Å². The van der Waals surface area contributed by atoms with Crippen LogP contribution in [0.3, 0.4) is 0 Å². The van der Waals surface area contributed by atoms with E-state index in [1.54, 1.807) is 23.1 Å². The molecule has 0 bridgehead atoms. The van der Waals surface area contributed by atoms with Gasteiger partial charge in [0.1, 0.15) is 5.82 Å². The molecule has 7 nitrogen and oxygen atoms in total. The fourth-order valence-corrected chi connectivity index (χ4v) is 4.46. The molecule has 0 radical (unpaired) electrons. The van der Waals surface area contributed by atoms with Crippen molar-refractivity contribution in [3.63, 3.8) is 0 Å². The number of fused-ring (bicyclic) bond motifs is 1. The zero-order valence-electron chi connectivity index (χ0n) is 18.8. The molecule has 0 spiro atoms. The minimum absolute atomic E-state index is 0.0474. The first kappa shape index (κ1) is 23.0. The van der Waals surface area contributed by atoms with E-state index in [0.29, 0.717) is 31.4 Å². The van der Waals surface area contributed by atoms with Crippen molar-refractivity contribution in [2.45, 2.75) is 44.7 Å². The SMILES string of the molecule is CCn1c(CCC(=O)N(C)Cc2ccc(C)cc2)nc2cc(S(=O)(=O)N(C)C)ccc21. The van der Waals surface area contributed by atoms with Gasteiger partial charge in [-0.25, -0.2) is 17.7 Å². The van der Waals surface area contributed by atoms with E-state index in [-0.39, 0.29) is 10.8 Å². The smallest absolute Gasteiger partial charge is 0.242 e. The number of imidazole rings is 1. The maximum atomic E-state index is 12.7. The molecule has 1 aromatic heterocycles. The van der Waals surface area contributed by atoms with Crippen molar-refractivity contribution in [1.29, 1.82) is 0 Å². The van der Waals surface area contributed by atoms with Crippen molar-refractivity contribution in [1.82, 2.24) is 18.8 Å². The lowest BCUT2D eigenvalue weighted by Crippen LogP contribution is -2.26. The number of aryl methyl sites for hydroxylation is 3. The fraction of sp³-hybridized carbons (Fsp3) is 0.391. The lowest BCUT2D eigenvalue weighted by molar-refractivity contribution is -0.130. The summed E-state index contributed by atoms with van der Waals surface area (Å²) in [5, 5.41) is 0. The molecule has 0 saturated heterocycles. The lowest BCUT2D eigenvalue weighted by atomic mass is 10.1. The zero-order valence-corrected chi connectivity index (χ0v) is 19.6. The lowest BCUT2D eigenvalue weighted by Gasteiger charge is -2.17. The van der Waals surface area contributed by atoms with Crippen LogP contribution in [0.5, 0.6) is 0 Å². The van der Waals surface area contributed by atoms with Crippen molar-refractivity contribution in [3.05, 3.63) is 59.4 Å². The Hall–Kier alpha value is -2.71. The molecule has 0 fully saturated rings. The van der Waals surface area contributed by atoms with Gasteiger partial charge in [-0.3, -0.25) is 4.79 Å². The van der Waals surface area contributed by atoms with Gasteiger partial charge >= 0.3 is 0 Å². The van der Waals surface area contributed by atoms with Crippen molar-refractivity contribution in [2.75, 3.05) is 21.1 Å². The molecule has 0 saturated carbocycles. The standard InChI is InChI=1S/C23H30N4O3S/c1-6-27-21-12-11-19(31(29,30)25(3)4)15-20(21)24-22(27)13-14-23(28)26(5)16-18-9-7-17(2)8-10-18/h7-12,15H,6,13-14,16H2,1-5H3. The van der Waals surface area contributed by atoms with Crippen LogP contribution in [0.2, 0.25) is 0 Å². The Morgan fingerprint density at radius 1 is 1.06 bits per heavy atom. The van der Waals surface area contributed by atoms with Crippen LogP contribution in [-0.2, 0) is 34.3 Å². The predicted octanol–water partition coefficient (Wildman–Crippen LogP) is 3.21. The molecular weight excluding hydrogens is 412 g/mol. The molecule has 166 valence electrons. The summed E-state index contributed by atoms with van der Waals surface area (Å²) in [4.78, 5) is 19.3. The van der Waals surface area contributed by atoms with Crippen LogP contribution in [0.4, 0.5) is 0 Å². The van der Waals surface area contributed by atoms with Gasteiger partial charge in [0.05, 0.1) is 15.9 Å². The highest BCUT2D eigenvalue weighted by molar-refractivity contribution is 7.89. The molecule has 0 unspecified atom stereocenters. The van der Waals surface area contributed by atoms with E-state index in [1.165, 1.54) is 24.0 Å². The van der Waals surface area contributed by atoms with Crippen LogP contribution in [0.15, 0.2) is 47.4 Å². The highest BCUT2D eigenvalue weighted by Crippen LogP contribution is 2.23. The first-order chi connectivity index (χ1) is 14.6. The summed E-state index contributed by atoms with van der Waals surface area (Å²) in [5.74, 6) is 0.833. The average molecular weight is 443 g/mol. The Morgan fingerprint density at radius 2 is 1.74 bits per heavy atom. The summed E-state index contributed by atoms with van der Waals surface area (Å²) >= 11 is 0. The van der Waals surface area contributed by atoms with Crippen LogP contribution < -0.4 is 0 Å². The molecule has 3 aromatic rings. The number of carbonyl (C=O) groups excluding carboxylic acids is 1. The Balaban J connectivity index is 1.76. The number of benzene rings is 2. The van der Waals surface area contributed by atoms with Gasteiger partial charge in [-0.1, -0.05) is 29.8 Å². The van der Waals surface area contributed by atoms with Gasteiger partial charge in [-0.2, -0.15) is 0 Å². The third-order valence-electron chi connectivity index (χ3n) is 5.42.